The van der Waals surface area contributed by atoms with Crippen molar-refractivity contribution in [3.05, 3.63) is 69.6 Å². The number of morpholine rings is 1. The largest absolute Gasteiger partial charge is 0.378 e. The summed E-state index contributed by atoms with van der Waals surface area (Å²) in [5.74, 6) is 0.887. The van der Waals surface area contributed by atoms with E-state index in [-0.39, 0.29) is 5.91 Å². The predicted molar refractivity (Wildman–Crippen MR) is 132 cm³/mol. The van der Waals surface area contributed by atoms with Crippen LogP contribution in [0, 0.1) is 20.8 Å². The van der Waals surface area contributed by atoms with Gasteiger partial charge in [0.15, 0.2) is 0 Å². The highest BCUT2D eigenvalue weighted by atomic mass is 32.1. The Morgan fingerprint density at radius 2 is 1.82 bits per heavy atom. The van der Waals surface area contributed by atoms with Crippen LogP contribution in [0.2, 0.25) is 0 Å². The molecule has 0 atom stereocenters. The van der Waals surface area contributed by atoms with Gasteiger partial charge in [-0.1, -0.05) is 11.2 Å². The van der Waals surface area contributed by atoms with Crippen LogP contribution in [0.3, 0.4) is 0 Å². The Kier molecular flexibility index (Phi) is 5.12. The summed E-state index contributed by atoms with van der Waals surface area (Å²) in [4.78, 5) is 19.8. The molecule has 1 fully saturated rings. The van der Waals surface area contributed by atoms with Crippen molar-refractivity contribution >= 4 is 17.2 Å². The van der Waals surface area contributed by atoms with Crippen molar-refractivity contribution in [2.75, 3.05) is 26.3 Å². The van der Waals surface area contributed by atoms with Gasteiger partial charge in [-0.25, -0.2) is 4.98 Å². The van der Waals surface area contributed by atoms with E-state index in [0.717, 1.165) is 50.8 Å². The lowest BCUT2D eigenvalue weighted by molar-refractivity contribution is 0.0303. The molecular weight excluding hydrogens is 446 g/mol. The van der Waals surface area contributed by atoms with Crippen molar-refractivity contribution in [2.45, 2.75) is 27.2 Å². The lowest BCUT2D eigenvalue weighted by Gasteiger charge is -2.27. The summed E-state index contributed by atoms with van der Waals surface area (Å²) in [7, 11) is 0. The molecule has 0 spiro atoms. The van der Waals surface area contributed by atoms with Gasteiger partial charge in [-0.15, -0.1) is 11.3 Å². The van der Waals surface area contributed by atoms with Crippen LogP contribution in [0.4, 0.5) is 0 Å². The SMILES string of the molecule is Cc1csc(-c2cc(-c3c(C)noc3C)cc3c2Cc2cc(C(=O)N4CCOCC4)ccc2-3)n1. The van der Waals surface area contributed by atoms with Gasteiger partial charge in [-0.2, -0.15) is 0 Å². The number of fused-ring (bicyclic) bond motifs is 3. The first-order chi connectivity index (χ1) is 16.5. The number of amides is 1. The zero-order valence-electron chi connectivity index (χ0n) is 19.5. The summed E-state index contributed by atoms with van der Waals surface area (Å²) in [6, 6.07) is 10.6. The molecule has 0 unspecified atom stereocenters. The first-order valence-electron chi connectivity index (χ1n) is 11.5. The zero-order chi connectivity index (χ0) is 23.4. The Morgan fingerprint density at radius 1 is 1.03 bits per heavy atom. The average Bonchev–Trinajstić information content (AvgIpc) is 3.54. The lowest BCUT2D eigenvalue weighted by Crippen LogP contribution is -2.40. The number of carbonyl (C=O) groups excluding carboxylic acids is 1. The summed E-state index contributed by atoms with van der Waals surface area (Å²) in [6.07, 6.45) is 0.782. The number of hydrogen-bond acceptors (Lipinski definition) is 6. The maximum absolute atomic E-state index is 13.1. The van der Waals surface area contributed by atoms with E-state index in [1.165, 1.54) is 22.3 Å². The van der Waals surface area contributed by atoms with E-state index in [1.54, 1.807) is 11.3 Å². The maximum atomic E-state index is 13.1. The molecule has 2 aromatic carbocycles. The molecular formula is C27H25N3O3S. The molecule has 0 saturated carbocycles. The number of carbonyl (C=O) groups is 1. The van der Waals surface area contributed by atoms with Crippen LogP contribution in [0.5, 0.6) is 0 Å². The Balaban J connectivity index is 1.47. The number of rotatable bonds is 3. The highest BCUT2D eigenvalue weighted by Gasteiger charge is 2.27. The van der Waals surface area contributed by atoms with Crippen LogP contribution < -0.4 is 0 Å². The third-order valence-corrected chi connectivity index (χ3v) is 7.72. The number of ether oxygens (including phenoxy) is 1. The van der Waals surface area contributed by atoms with Crippen molar-refractivity contribution in [2.24, 2.45) is 0 Å². The quantitative estimate of drug-likeness (QED) is 0.351. The van der Waals surface area contributed by atoms with Crippen LogP contribution in [0.15, 0.2) is 40.2 Å². The van der Waals surface area contributed by atoms with E-state index >= 15 is 0 Å². The highest BCUT2D eigenvalue weighted by Crippen LogP contribution is 2.46. The standard InChI is InChI=1S/C27H25N3O3S/c1-15-14-34-26(28-15)24-13-20(25-16(2)29-33-17(25)3)12-22-21-5-4-18(10-19(21)11-23(22)24)27(31)30-6-8-32-9-7-30/h4-5,10,12-14H,6-9,11H2,1-3H3. The van der Waals surface area contributed by atoms with E-state index in [4.69, 9.17) is 14.2 Å². The van der Waals surface area contributed by atoms with Crippen molar-refractivity contribution in [3.63, 3.8) is 0 Å². The van der Waals surface area contributed by atoms with Crippen LogP contribution in [0.25, 0.3) is 32.8 Å². The molecule has 3 heterocycles. The zero-order valence-corrected chi connectivity index (χ0v) is 20.3. The Labute approximate surface area is 202 Å². The van der Waals surface area contributed by atoms with Crippen LogP contribution >= 0.6 is 11.3 Å². The molecule has 0 N–H and O–H groups in total. The summed E-state index contributed by atoms with van der Waals surface area (Å²) in [5, 5.41) is 7.28. The van der Waals surface area contributed by atoms with E-state index in [9.17, 15) is 4.79 Å². The van der Waals surface area contributed by atoms with Crippen molar-refractivity contribution < 1.29 is 14.1 Å². The van der Waals surface area contributed by atoms with Gasteiger partial charge >= 0.3 is 0 Å². The molecule has 34 heavy (non-hydrogen) atoms. The second kappa shape index (κ2) is 8.18. The van der Waals surface area contributed by atoms with E-state index in [2.05, 4.69) is 34.8 Å². The van der Waals surface area contributed by atoms with Gasteiger partial charge < -0.3 is 14.2 Å². The Morgan fingerprint density at radius 3 is 2.53 bits per heavy atom. The topological polar surface area (TPSA) is 68.5 Å². The molecule has 6 rings (SSSR count). The molecule has 2 aromatic heterocycles. The van der Waals surface area contributed by atoms with Gasteiger partial charge in [0.2, 0.25) is 0 Å². The number of thiazole rings is 1. The summed E-state index contributed by atoms with van der Waals surface area (Å²) >= 11 is 1.67. The second-order valence-corrected chi connectivity index (χ2v) is 9.85. The molecule has 172 valence electrons. The first-order valence-corrected chi connectivity index (χ1v) is 12.4. The molecule has 6 nitrogen and oxygen atoms in total. The van der Waals surface area contributed by atoms with Crippen LogP contribution in [-0.2, 0) is 11.2 Å². The maximum Gasteiger partial charge on any atom is 0.254 e. The second-order valence-electron chi connectivity index (χ2n) is 9.00. The van der Waals surface area contributed by atoms with E-state index in [0.29, 0.717) is 26.3 Å². The molecule has 0 radical (unpaired) electrons. The monoisotopic (exact) mass is 471 g/mol. The molecule has 1 saturated heterocycles. The number of aryl methyl sites for hydroxylation is 3. The van der Waals surface area contributed by atoms with E-state index in [1.807, 2.05) is 31.7 Å². The summed E-state index contributed by atoms with van der Waals surface area (Å²) in [6.45, 7) is 8.44. The molecule has 1 aliphatic carbocycles. The first kappa shape index (κ1) is 21.3. The van der Waals surface area contributed by atoms with Gasteiger partial charge in [-0.3, -0.25) is 4.79 Å². The number of benzene rings is 2. The minimum atomic E-state index is 0.0780. The molecule has 2 aliphatic rings. The van der Waals surface area contributed by atoms with Gasteiger partial charge in [-0.05, 0) is 79.3 Å². The Hall–Kier alpha value is -3.29. The number of hydrogen-bond donors (Lipinski definition) is 0. The molecule has 7 heteroatoms. The predicted octanol–water partition coefficient (Wildman–Crippen LogP) is 5.43. The van der Waals surface area contributed by atoms with E-state index < -0.39 is 0 Å². The van der Waals surface area contributed by atoms with Gasteiger partial charge in [0.25, 0.3) is 5.91 Å². The van der Waals surface area contributed by atoms with Crippen LogP contribution in [0.1, 0.15) is 38.6 Å². The molecule has 1 aliphatic heterocycles. The third-order valence-electron chi connectivity index (χ3n) is 6.73. The smallest absolute Gasteiger partial charge is 0.254 e. The molecule has 4 aromatic rings. The Bertz CT molecular complexity index is 1410. The summed E-state index contributed by atoms with van der Waals surface area (Å²) < 4.78 is 10.9. The normalized spacial score (nSPS) is 14.9. The average molecular weight is 472 g/mol. The minimum absolute atomic E-state index is 0.0780. The fourth-order valence-electron chi connectivity index (χ4n) is 5.09. The highest BCUT2D eigenvalue weighted by molar-refractivity contribution is 7.13. The third kappa shape index (κ3) is 3.47. The lowest BCUT2D eigenvalue weighted by atomic mass is 9.93. The summed E-state index contributed by atoms with van der Waals surface area (Å²) in [5.41, 5.74) is 10.7. The molecule has 0 bridgehead atoms. The van der Waals surface area contributed by atoms with Crippen molar-refractivity contribution in [1.29, 1.82) is 0 Å². The fourth-order valence-corrected chi connectivity index (χ4v) is 5.93. The number of nitrogens with zero attached hydrogens (tertiary/aromatic N) is 3. The van der Waals surface area contributed by atoms with Gasteiger partial charge in [0.1, 0.15) is 10.8 Å². The van der Waals surface area contributed by atoms with Gasteiger partial charge in [0, 0.05) is 40.9 Å². The van der Waals surface area contributed by atoms with Crippen molar-refractivity contribution in [1.82, 2.24) is 15.0 Å². The fraction of sp³-hybridized carbons (Fsp3) is 0.296. The van der Waals surface area contributed by atoms with Gasteiger partial charge in [0.05, 0.1) is 18.9 Å². The molecule has 1 amide bonds. The van der Waals surface area contributed by atoms with Crippen molar-refractivity contribution in [3.8, 4) is 32.8 Å². The minimum Gasteiger partial charge on any atom is -0.378 e. The number of aromatic nitrogens is 2. The van der Waals surface area contributed by atoms with Crippen LogP contribution in [-0.4, -0.2) is 47.3 Å².